The second-order valence-corrected chi connectivity index (χ2v) is 8.04. The van der Waals surface area contributed by atoms with Crippen molar-refractivity contribution in [3.63, 3.8) is 0 Å². The highest BCUT2D eigenvalue weighted by Gasteiger charge is 2.42. The quantitative estimate of drug-likeness (QED) is 0.455. The number of ether oxygens (including phenoxy) is 4. The van der Waals surface area contributed by atoms with Crippen molar-refractivity contribution in [2.24, 2.45) is 4.99 Å². The number of methoxy groups -OCH3 is 1. The number of aliphatic imine (C=N–C) groups is 1. The largest absolute Gasteiger partial charge is 0.497 e. The Balaban J connectivity index is 1.28. The van der Waals surface area contributed by atoms with E-state index in [9.17, 15) is 0 Å². The standard InChI is InChI=1S/C24H33N3O5/c1-28-20-6-4-19(5-7-20)8-12-25-23(26-13-9-21-3-2-14-30-21)27-17-22-18-31-24(32-22)10-15-29-16-11-24/h2-7,14,22H,8-13,15-18H2,1H3,(H2,25,26,27). The molecule has 4 rings (SSSR count). The number of hydrogen-bond acceptors (Lipinski definition) is 6. The van der Waals surface area contributed by atoms with Gasteiger partial charge in [0.25, 0.3) is 0 Å². The summed E-state index contributed by atoms with van der Waals surface area (Å²) in [5.74, 6) is 2.10. The first-order chi connectivity index (χ1) is 15.7. The lowest BCUT2D eigenvalue weighted by molar-refractivity contribution is -0.210. The van der Waals surface area contributed by atoms with Crippen LogP contribution in [0.3, 0.4) is 0 Å². The molecule has 0 bridgehead atoms. The van der Waals surface area contributed by atoms with Crippen molar-refractivity contribution in [1.29, 1.82) is 0 Å². The Hall–Kier alpha value is -2.55. The van der Waals surface area contributed by atoms with E-state index in [4.69, 9.17) is 28.4 Å². The molecule has 1 unspecified atom stereocenters. The summed E-state index contributed by atoms with van der Waals surface area (Å²) in [5.41, 5.74) is 1.24. The van der Waals surface area contributed by atoms with Crippen molar-refractivity contribution in [2.75, 3.05) is 46.6 Å². The maximum absolute atomic E-state index is 6.21. The SMILES string of the molecule is COc1ccc(CCNC(=NCC2COC3(CCOCC3)O2)NCCc2ccco2)cc1. The zero-order valence-electron chi connectivity index (χ0n) is 18.7. The summed E-state index contributed by atoms with van der Waals surface area (Å²) in [6.07, 6.45) is 4.88. The summed E-state index contributed by atoms with van der Waals surface area (Å²) >= 11 is 0. The van der Waals surface area contributed by atoms with Gasteiger partial charge in [-0.3, -0.25) is 4.99 Å². The Morgan fingerprint density at radius 1 is 1.09 bits per heavy atom. The minimum absolute atomic E-state index is 0.0432. The second-order valence-electron chi connectivity index (χ2n) is 8.04. The number of hydrogen-bond donors (Lipinski definition) is 2. The lowest BCUT2D eigenvalue weighted by Gasteiger charge is -2.31. The van der Waals surface area contributed by atoms with Crippen LogP contribution < -0.4 is 15.4 Å². The van der Waals surface area contributed by atoms with E-state index in [0.29, 0.717) is 26.4 Å². The molecule has 1 aromatic heterocycles. The predicted molar refractivity (Wildman–Crippen MR) is 121 cm³/mol. The van der Waals surface area contributed by atoms with Crippen LogP contribution in [0.25, 0.3) is 0 Å². The zero-order valence-corrected chi connectivity index (χ0v) is 18.7. The monoisotopic (exact) mass is 443 g/mol. The van der Waals surface area contributed by atoms with Gasteiger partial charge < -0.3 is 34.0 Å². The molecule has 0 aliphatic carbocycles. The molecule has 174 valence electrons. The van der Waals surface area contributed by atoms with Gasteiger partial charge in [0.1, 0.15) is 17.6 Å². The normalized spacial score (nSPS) is 20.4. The molecule has 2 fully saturated rings. The molecule has 8 heteroatoms. The maximum Gasteiger partial charge on any atom is 0.191 e. The van der Waals surface area contributed by atoms with E-state index < -0.39 is 5.79 Å². The molecule has 2 aromatic rings. The summed E-state index contributed by atoms with van der Waals surface area (Å²) in [6, 6.07) is 12.0. The molecule has 0 amide bonds. The molecule has 1 aromatic carbocycles. The highest BCUT2D eigenvalue weighted by atomic mass is 16.7. The van der Waals surface area contributed by atoms with Crippen molar-refractivity contribution in [3.05, 3.63) is 54.0 Å². The van der Waals surface area contributed by atoms with Gasteiger partial charge in [0.05, 0.1) is 39.7 Å². The highest BCUT2D eigenvalue weighted by molar-refractivity contribution is 5.79. The Morgan fingerprint density at radius 3 is 2.59 bits per heavy atom. The van der Waals surface area contributed by atoms with Crippen LogP contribution in [0, 0.1) is 0 Å². The van der Waals surface area contributed by atoms with Crippen molar-refractivity contribution in [2.45, 2.75) is 37.6 Å². The van der Waals surface area contributed by atoms with E-state index in [1.807, 2.05) is 24.3 Å². The fraction of sp³-hybridized carbons (Fsp3) is 0.542. The zero-order chi connectivity index (χ0) is 22.1. The van der Waals surface area contributed by atoms with Crippen LogP contribution in [0.2, 0.25) is 0 Å². The van der Waals surface area contributed by atoms with E-state index in [1.54, 1.807) is 13.4 Å². The summed E-state index contributed by atoms with van der Waals surface area (Å²) in [5, 5.41) is 6.83. The topological polar surface area (TPSA) is 86.5 Å². The van der Waals surface area contributed by atoms with Crippen LogP contribution in [-0.4, -0.2) is 64.4 Å². The molecule has 0 radical (unpaired) electrons. The van der Waals surface area contributed by atoms with Crippen LogP contribution in [0.5, 0.6) is 5.75 Å². The minimum atomic E-state index is -0.479. The molecule has 32 heavy (non-hydrogen) atoms. The Morgan fingerprint density at radius 2 is 1.88 bits per heavy atom. The summed E-state index contributed by atoms with van der Waals surface area (Å²) in [6.45, 7) is 3.97. The molecular weight excluding hydrogens is 410 g/mol. The Kier molecular flexibility index (Phi) is 8.03. The maximum atomic E-state index is 6.21. The lowest BCUT2D eigenvalue weighted by Crippen LogP contribution is -2.40. The van der Waals surface area contributed by atoms with Crippen molar-refractivity contribution < 1.29 is 23.4 Å². The predicted octanol–water partition coefficient (Wildman–Crippen LogP) is 2.53. The van der Waals surface area contributed by atoms with E-state index >= 15 is 0 Å². The van der Waals surface area contributed by atoms with Crippen LogP contribution >= 0.6 is 0 Å². The average Bonchev–Trinajstić information content (AvgIpc) is 3.48. The molecule has 3 heterocycles. The molecule has 2 saturated heterocycles. The molecule has 8 nitrogen and oxygen atoms in total. The van der Waals surface area contributed by atoms with E-state index in [-0.39, 0.29) is 6.10 Å². The molecule has 2 aliphatic heterocycles. The average molecular weight is 444 g/mol. The van der Waals surface area contributed by atoms with E-state index in [0.717, 1.165) is 56.2 Å². The lowest BCUT2D eigenvalue weighted by atomic mass is 10.1. The summed E-state index contributed by atoms with van der Waals surface area (Å²) < 4.78 is 28.3. The number of guanidine groups is 1. The van der Waals surface area contributed by atoms with Gasteiger partial charge in [0, 0.05) is 32.4 Å². The molecule has 2 N–H and O–H groups in total. The van der Waals surface area contributed by atoms with Gasteiger partial charge in [0.2, 0.25) is 0 Å². The molecule has 2 aliphatic rings. The molecule has 1 spiro atoms. The van der Waals surface area contributed by atoms with Crippen molar-refractivity contribution >= 4 is 5.96 Å². The first-order valence-corrected chi connectivity index (χ1v) is 11.3. The Bertz CT molecular complexity index is 832. The van der Waals surface area contributed by atoms with Crippen LogP contribution in [0.15, 0.2) is 52.1 Å². The summed E-state index contributed by atoms with van der Waals surface area (Å²) in [4.78, 5) is 4.77. The number of rotatable bonds is 9. The third-order valence-electron chi connectivity index (χ3n) is 5.73. The highest BCUT2D eigenvalue weighted by Crippen LogP contribution is 2.33. The molecule has 1 atom stereocenters. The smallest absolute Gasteiger partial charge is 0.191 e. The van der Waals surface area contributed by atoms with Crippen molar-refractivity contribution in [1.82, 2.24) is 10.6 Å². The van der Waals surface area contributed by atoms with Gasteiger partial charge in [-0.2, -0.15) is 0 Å². The fourth-order valence-electron chi connectivity index (χ4n) is 3.89. The van der Waals surface area contributed by atoms with E-state index in [2.05, 4.69) is 22.8 Å². The van der Waals surface area contributed by atoms with Crippen LogP contribution in [0.4, 0.5) is 0 Å². The van der Waals surface area contributed by atoms with Crippen LogP contribution in [0.1, 0.15) is 24.2 Å². The van der Waals surface area contributed by atoms with Gasteiger partial charge >= 0.3 is 0 Å². The Labute approximate surface area is 189 Å². The molecular formula is C24H33N3O5. The number of nitrogens with zero attached hydrogens (tertiary/aromatic N) is 1. The number of furan rings is 1. The van der Waals surface area contributed by atoms with Gasteiger partial charge in [-0.15, -0.1) is 0 Å². The number of benzene rings is 1. The van der Waals surface area contributed by atoms with E-state index in [1.165, 1.54) is 5.56 Å². The minimum Gasteiger partial charge on any atom is -0.497 e. The third-order valence-corrected chi connectivity index (χ3v) is 5.73. The first-order valence-electron chi connectivity index (χ1n) is 11.3. The second kappa shape index (κ2) is 11.4. The van der Waals surface area contributed by atoms with Gasteiger partial charge in [-0.25, -0.2) is 0 Å². The third kappa shape index (κ3) is 6.48. The van der Waals surface area contributed by atoms with Crippen LogP contribution in [-0.2, 0) is 27.1 Å². The molecule has 0 saturated carbocycles. The van der Waals surface area contributed by atoms with Crippen molar-refractivity contribution in [3.8, 4) is 5.75 Å². The number of nitrogens with one attached hydrogen (secondary N) is 2. The summed E-state index contributed by atoms with van der Waals surface area (Å²) in [7, 11) is 1.68. The first kappa shape index (κ1) is 22.6. The fourth-order valence-corrected chi connectivity index (χ4v) is 3.89. The van der Waals surface area contributed by atoms with Gasteiger partial charge in [0.15, 0.2) is 11.7 Å². The van der Waals surface area contributed by atoms with Gasteiger partial charge in [-0.1, -0.05) is 12.1 Å². The van der Waals surface area contributed by atoms with Gasteiger partial charge in [-0.05, 0) is 36.2 Å².